The molecular weight excluding hydrogens is 380 g/mol. The monoisotopic (exact) mass is 408 g/mol. The van der Waals surface area contributed by atoms with Gasteiger partial charge < -0.3 is 9.47 Å². The van der Waals surface area contributed by atoms with Crippen LogP contribution >= 0.6 is 11.6 Å². The molecule has 2 nitrogen and oxygen atoms in total. The van der Waals surface area contributed by atoms with Gasteiger partial charge in [-0.25, -0.2) is 0 Å². The van der Waals surface area contributed by atoms with Crippen LogP contribution in [0.4, 0.5) is 0 Å². The molecule has 0 aliphatic rings. The van der Waals surface area contributed by atoms with E-state index in [4.69, 9.17) is 21.1 Å². The highest BCUT2D eigenvalue weighted by Gasteiger charge is 2.21. The number of hydrogen-bond acceptors (Lipinski definition) is 2. The van der Waals surface area contributed by atoms with E-state index in [0.717, 1.165) is 36.5 Å². The molecule has 0 bridgehead atoms. The summed E-state index contributed by atoms with van der Waals surface area (Å²) in [6.07, 6.45) is 3.17. The topological polar surface area (TPSA) is 18.5 Å². The summed E-state index contributed by atoms with van der Waals surface area (Å²) in [6, 6.07) is 24.4. The Morgan fingerprint density at radius 1 is 0.862 bits per heavy atom. The van der Waals surface area contributed by atoms with Crippen LogP contribution < -0.4 is 9.47 Å². The van der Waals surface area contributed by atoms with E-state index in [1.165, 1.54) is 11.1 Å². The first kappa shape index (κ1) is 21.3. The summed E-state index contributed by atoms with van der Waals surface area (Å²) in [5.41, 5.74) is 2.58. The van der Waals surface area contributed by atoms with Crippen molar-refractivity contribution in [3.8, 4) is 17.2 Å². The number of para-hydroxylation sites is 1. The van der Waals surface area contributed by atoms with Gasteiger partial charge in [-0.05, 0) is 79.1 Å². The van der Waals surface area contributed by atoms with Gasteiger partial charge in [0.1, 0.15) is 17.2 Å². The van der Waals surface area contributed by atoms with E-state index in [-0.39, 0.29) is 5.41 Å². The minimum atomic E-state index is 0.0481. The number of hydrogen-bond donors (Lipinski definition) is 0. The number of rotatable bonds is 9. The number of benzene rings is 3. The van der Waals surface area contributed by atoms with Crippen LogP contribution in [-0.2, 0) is 11.8 Å². The Morgan fingerprint density at radius 2 is 1.62 bits per heavy atom. The molecule has 0 saturated heterocycles. The fourth-order valence-electron chi connectivity index (χ4n) is 3.46. The lowest BCUT2D eigenvalue weighted by Gasteiger charge is -2.26. The smallest absolute Gasteiger partial charge is 0.137 e. The normalized spacial score (nSPS) is 11.3. The Bertz CT molecular complexity index is 919. The maximum atomic E-state index is 6.39. The van der Waals surface area contributed by atoms with Crippen LogP contribution in [0.25, 0.3) is 0 Å². The molecule has 0 fully saturated rings. The second kappa shape index (κ2) is 9.84. The predicted molar refractivity (Wildman–Crippen MR) is 122 cm³/mol. The maximum Gasteiger partial charge on any atom is 0.137 e. The van der Waals surface area contributed by atoms with Crippen molar-refractivity contribution in [3.63, 3.8) is 0 Å². The van der Waals surface area contributed by atoms with Gasteiger partial charge in [0.15, 0.2) is 0 Å². The van der Waals surface area contributed by atoms with Gasteiger partial charge in [-0.3, -0.25) is 0 Å². The molecule has 0 atom stereocenters. The van der Waals surface area contributed by atoms with E-state index < -0.39 is 0 Å². The number of aryl methyl sites for hydroxylation is 1. The highest BCUT2D eigenvalue weighted by Crippen LogP contribution is 2.34. The highest BCUT2D eigenvalue weighted by molar-refractivity contribution is 6.32. The zero-order valence-electron chi connectivity index (χ0n) is 17.5. The molecule has 0 aliphatic carbocycles. The van der Waals surface area contributed by atoms with Crippen molar-refractivity contribution in [2.75, 3.05) is 6.61 Å². The quantitative estimate of drug-likeness (QED) is 0.359. The van der Waals surface area contributed by atoms with E-state index in [9.17, 15) is 0 Å². The Kier molecular flexibility index (Phi) is 7.22. The molecule has 152 valence electrons. The van der Waals surface area contributed by atoms with Gasteiger partial charge in [-0.15, -0.1) is 0 Å². The van der Waals surface area contributed by atoms with Gasteiger partial charge in [0, 0.05) is 0 Å². The highest BCUT2D eigenvalue weighted by atomic mass is 35.5. The number of ether oxygens (including phenoxy) is 2. The molecule has 0 spiro atoms. The van der Waals surface area contributed by atoms with Crippen LogP contribution in [0.15, 0.2) is 72.8 Å². The van der Waals surface area contributed by atoms with Crippen LogP contribution in [-0.4, -0.2) is 6.61 Å². The molecule has 3 aromatic rings. The second-order valence-corrected chi connectivity index (χ2v) is 8.29. The molecule has 0 amide bonds. The van der Waals surface area contributed by atoms with Crippen molar-refractivity contribution in [2.45, 2.75) is 45.4 Å². The van der Waals surface area contributed by atoms with Crippen molar-refractivity contribution in [1.29, 1.82) is 0 Å². The maximum absolute atomic E-state index is 6.39. The molecule has 0 unspecified atom stereocenters. The summed E-state index contributed by atoms with van der Waals surface area (Å²) in [4.78, 5) is 0. The third-order valence-corrected chi connectivity index (χ3v) is 5.45. The molecule has 29 heavy (non-hydrogen) atoms. The SMILES string of the molecule is CCOc1ccc(C(C)(C)CCCc2cccc(Oc3ccccc3)c2)cc1Cl. The van der Waals surface area contributed by atoms with E-state index in [1.807, 2.05) is 55.5 Å². The summed E-state index contributed by atoms with van der Waals surface area (Å²) in [5, 5.41) is 0.684. The molecule has 0 saturated carbocycles. The summed E-state index contributed by atoms with van der Waals surface area (Å²) in [7, 11) is 0. The van der Waals surface area contributed by atoms with Gasteiger partial charge in [0.2, 0.25) is 0 Å². The summed E-state index contributed by atoms with van der Waals surface area (Å²) in [6.45, 7) is 7.13. The van der Waals surface area contributed by atoms with Crippen LogP contribution in [0.3, 0.4) is 0 Å². The molecule has 0 radical (unpaired) electrons. The van der Waals surface area contributed by atoms with Gasteiger partial charge >= 0.3 is 0 Å². The fourth-order valence-corrected chi connectivity index (χ4v) is 3.70. The van der Waals surface area contributed by atoms with Gasteiger partial charge in [0.25, 0.3) is 0 Å². The first-order valence-corrected chi connectivity index (χ1v) is 10.6. The van der Waals surface area contributed by atoms with Crippen molar-refractivity contribution >= 4 is 11.6 Å². The standard InChI is InChI=1S/C26H29ClO2/c1-4-28-25-16-15-21(19-24(25)27)26(2,3)17-9-11-20-10-8-14-23(18-20)29-22-12-6-5-7-13-22/h5-8,10,12-16,18-19H,4,9,11,17H2,1-3H3. The lowest BCUT2D eigenvalue weighted by atomic mass is 9.80. The summed E-state index contributed by atoms with van der Waals surface area (Å²) in [5.74, 6) is 2.49. The zero-order chi connectivity index (χ0) is 20.7. The number of halogens is 1. The first-order valence-electron chi connectivity index (χ1n) is 10.2. The van der Waals surface area contributed by atoms with Gasteiger partial charge in [-0.1, -0.05) is 61.8 Å². The Labute approximate surface area is 179 Å². The Balaban J connectivity index is 1.59. The fraction of sp³-hybridized carbons (Fsp3) is 0.308. The van der Waals surface area contributed by atoms with E-state index in [2.05, 4.69) is 38.1 Å². The molecular formula is C26H29ClO2. The largest absolute Gasteiger partial charge is 0.492 e. The molecule has 0 heterocycles. The average Bonchev–Trinajstić information content (AvgIpc) is 2.70. The van der Waals surface area contributed by atoms with Crippen LogP contribution in [0.2, 0.25) is 5.02 Å². The molecule has 0 N–H and O–H groups in total. The first-order chi connectivity index (χ1) is 14.0. The van der Waals surface area contributed by atoms with Crippen molar-refractivity contribution in [2.24, 2.45) is 0 Å². The molecule has 0 aromatic heterocycles. The summed E-state index contributed by atoms with van der Waals surface area (Å²) >= 11 is 6.39. The lowest BCUT2D eigenvalue weighted by molar-refractivity contribution is 0.340. The van der Waals surface area contributed by atoms with Crippen molar-refractivity contribution in [3.05, 3.63) is 88.9 Å². The van der Waals surface area contributed by atoms with E-state index in [0.29, 0.717) is 11.6 Å². The van der Waals surface area contributed by atoms with Crippen LogP contribution in [0.1, 0.15) is 44.7 Å². The van der Waals surface area contributed by atoms with Crippen molar-refractivity contribution in [1.82, 2.24) is 0 Å². The lowest BCUT2D eigenvalue weighted by Crippen LogP contribution is -2.17. The molecule has 3 aromatic carbocycles. The Hall–Kier alpha value is -2.45. The zero-order valence-corrected chi connectivity index (χ0v) is 18.2. The minimum Gasteiger partial charge on any atom is -0.492 e. The third-order valence-electron chi connectivity index (χ3n) is 5.16. The third kappa shape index (κ3) is 6.01. The minimum absolute atomic E-state index is 0.0481. The van der Waals surface area contributed by atoms with E-state index >= 15 is 0 Å². The predicted octanol–water partition coefficient (Wildman–Crippen LogP) is 7.83. The Morgan fingerprint density at radius 3 is 2.34 bits per heavy atom. The van der Waals surface area contributed by atoms with Crippen LogP contribution in [0.5, 0.6) is 17.2 Å². The van der Waals surface area contributed by atoms with Gasteiger partial charge in [-0.2, -0.15) is 0 Å². The summed E-state index contributed by atoms with van der Waals surface area (Å²) < 4.78 is 11.5. The van der Waals surface area contributed by atoms with E-state index in [1.54, 1.807) is 0 Å². The van der Waals surface area contributed by atoms with Crippen LogP contribution in [0, 0.1) is 0 Å². The average molecular weight is 409 g/mol. The molecule has 3 rings (SSSR count). The van der Waals surface area contributed by atoms with Crippen molar-refractivity contribution < 1.29 is 9.47 Å². The second-order valence-electron chi connectivity index (χ2n) is 7.88. The van der Waals surface area contributed by atoms with Gasteiger partial charge in [0.05, 0.1) is 11.6 Å². The molecule has 3 heteroatoms. The molecule has 0 aliphatic heterocycles.